The normalized spacial score (nSPS) is 11.5. The van der Waals surface area contributed by atoms with Crippen LogP contribution in [0, 0.1) is 0 Å². The molecule has 0 saturated heterocycles. The van der Waals surface area contributed by atoms with E-state index >= 15 is 0 Å². The van der Waals surface area contributed by atoms with E-state index in [2.05, 4.69) is 10.6 Å². The van der Waals surface area contributed by atoms with Crippen molar-refractivity contribution >= 4 is 29.5 Å². The molecule has 0 atom stereocenters. The van der Waals surface area contributed by atoms with E-state index in [1.807, 2.05) is 6.92 Å². The highest BCUT2D eigenvalue weighted by atomic mass is 35.5. The molecule has 4 nitrogen and oxygen atoms in total. The molecule has 0 aliphatic rings. The predicted molar refractivity (Wildman–Crippen MR) is 81.8 cm³/mol. The van der Waals surface area contributed by atoms with Gasteiger partial charge in [-0.1, -0.05) is 24.6 Å². The zero-order valence-electron chi connectivity index (χ0n) is 12.3. The van der Waals surface area contributed by atoms with Gasteiger partial charge in [0.05, 0.1) is 17.1 Å². The second kappa shape index (κ2) is 8.57. The lowest BCUT2D eigenvalue weighted by Crippen LogP contribution is -2.36. The fraction of sp³-hybridized carbons (Fsp3) is 0.333. The number of benzene rings is 1. The van der Waals surface area contributed by atoms with Crippen LogP contribution in [0.5, 0.6) is 0 Å². The molecule has 0 spiro atoms. The second-order valence-electron chi connectivity index (χ2n) is 4.64. The molecular weight excluding hydrogens is 333 g/mol. The summed E-state index contributed by atoms with van der Waals surface area (Å²) in [6.45, 7) is 2.20. The average Bonchev–Trinajstić information content (AvgIpc) is 2.48. The highest BCUT2D eigenvalue weighted by Crippen LogP contribution is 2.35. The molecule has 1 aromatic rings. The molecule has 1 aromatic carbocycles. The molecule has 0 aliphatic heterocycles. The molecule has 0 radical (unpaired) electrons. The minimum absolute atomic E-state index is 0.173. The Morgan fingerprint density at radius 3 is 2.57 bits per heavy atom. The Morgan fingerprint density at radius 2 is 1.96 bits per heavy atom. The Labute approximate surface area is 136 Å². The van der Waals surface area contributed by atoms with Gasteiger partial charge in [-0.3, -0.25) is 9.59 Å². The van der Waals surface area contributed by atoms with Crippen LogP contribution in [-0.4, -0.2) is 24.9 Å². The minimum atomic E-state index is -4.57. The van der Waals surface area contributed by atoms with Gasteiger partial charge < -0.3 is 10.6 Å². The number of hydrogen-bond donors (Lipinski definition) is 2. The van der Waals surface area contributed by atoms with Crippen LogP contribution in [0.15, 0.2) is 24.3 Å². The number of hydrogen-bond acceptors (Lipinski definition) is 2. The first kappa shape index (κ1) is 19.0. The summed E-state index contributed by atoms with van der Waals surface area (Å²) in [5.74, 6) is -0.917. The largest absolute Gasteiger partial charge is 0.417 e. The van der Waals surface area contributed by atoms with E-state index in [1.165, 1.54) is 12.1 Å². The van der Waals surface area contributed by atoms with Crippen LogP contribution in [0.3, 0.4) is 0 Å². The van der Waals surface area contributed by atoms with Crippen molar-refractivity contribution in [1.29, 1.82) is 0 Å². The van der Waals surface area contributed by atoms with Crippen LogP contribution in [-0.2, 0) is 15.8 Å². The van der Waals surface area contributed by atoms with E-state index in [9.17, 15) is 22.8 Å². The van der Waals surface area contributed by atoms with Crippen LogP contribution in [0.1, 0.15) is 24.5 Å². The molecule has 126 valence electrons. The van der Waals surface area contributed by atoms with Gasteiger partial charge in [-0.2, -0.15) is 13.2 Å². The van der Waals surface area contributed by atoms with Crippen molar-refractivity contribution in [2.24, 2.45) is 0 Å². The lowest BCUT2D eigenvalue weighted by molar-refractivity contribution is -0.137. The van der Waals surface area contributed by atoms with Crippen LogP contribution in [0.4, 0.5) is 13.2 Å². The van der Waals surface area contributed by atoms with Crippen molar-refractivity contribution in [3.63, 3.8) is 0 Å². The van der Waals surface area contributed by atoms with Gasteiger partial charge in [0.2, 0.25) is 11.8 Å². The van der Waals surface area contributed by atoms with Gasteiger partial charge in [-0.25, -0.2) is 0 Å². The van der Waals surface area contributed by atoms with E-state index in [0.717, 1.165) is 24.6 Å². The first-order chi connectivity index (χ1) is 10.7. The van der Waals surface area contributed by atoms with Gasteiger partial charge in [0.25, 0.3) is 0 Å². The standard InChI is InChI=1S/C15H16ClF3N2O2/c1-2-7-20-14(23)9-21-13(22)6-4-10-3-5-12(16)11(8-10)15(17,18)19/h3-6,8H,2,7,9H2,1H3,(H,20,23)(H,21,22)/b6-4+. The Kier molecular flexibility index (Phi) is 7.09. The predicted octanol–water partition coefficient (Wildman–Crippen LogP) is 3.01. The number of rotatable bonds is 6. The lowest BCUT2D eigenvalue weighted by atomic mass is 10.1. The molecular formula is C15H16ClF3N2O2. The van der Waals surface area contributed by atoms with Crippen molar-refractivity contribution in [2.75, 3.05) is 13.1 Å². The van der Waals surface area contributed by atoms with E-state index in [4.69, 9.17) is 11.6 Å². The average molecular weight is 349 g/mol. The summed E-state index contributed by atoms with van der Waals surface area (Å²) in [7, 11) is 0. The lowest BCUT2D eigenvalue weighted by Gasteiger charge is -2.09. The Balaban J connectivity index is 2.64. The summed E-state index contributed by atoms with van der Waals surface area (Å²) in [6, 6.07) is 3.32. The summed E-state index contributed by atoms with van der Waals surface area (Å²) in [5, 5.41) is 4.50. The maximum Gasteiger partial charge on any atom is 0.417 e. The van der Waals surface area contributed by atoms with E-state index < -0.39 is 22.7 Å². The fourth-order valence-electron chi connectivity index (χ4n) is 1.59. The molecule has 8 heteroatoms. The highest BCUT2D eigenvalue weighted by Gasteiger charge is 2.33. The quantitative estimate of drug-likeness (QED) is 0.776. The monoisotopic (exact) mass is 348 g/mol. The molecule has 1 rings (SSSR count). The number of alkyl halides is 3. The molecule has 0 saturated carbocycles. The van der Waals surface area contributed by atoms with Crippen molar-refractivity contribution in [1.82, 2.24) is 10.6 Å². The maximum atomic E-state index is 12.7. The maximum absolute atomic E-state index is 12.7. The van der Waals surface area contributed by atoms with E-state index in [-0.39, 0.29) is 18.0 Å². The topological polar surface area (TPSA) is 58.2 Å². The van der Waals surface area contributed by atoms with Crippen molar-refractivity contribution < 1.29 is 22.8 Å². The molecule has 0 fully saturated rings. The third-order valence-corrected chi connectivity index (χ3v) is 3.05. The second-order valence-corrected chi connectivity index (χ2v) is 5.05. The number of carbonyl (C=O) groups excluding carboxylic acids is 2. The van der Waals surface area contributed by atoms with Gasteiger partial charge in [0, 0.05) is 12.6 Å². The molecule has 2 N–H and O–H groups in total. The first-order valence-corrected chi connectivity index (χ1v) is 7.21. The summed E-state index contributed by atoms with van der Waals surface area (Å²) >= 11 is 5.50. The molecule has 0 bridgehead atoms. The highest BCUT2D eigenvalue weighted by molar-refractivity contribution is 6.31. The van der Waals surface area contributed by atoms with Crippen LogP contribution in [0.25, 0.3) is 6.08 Å². The van der Waals surface area contributed by atoms with Gasteiger partial charge in [-0.15, -0.1) is 0 Å². The zero-order chi connectivity index (χ0) is 17.5. The van der Waals surface area contributed by atoms with Gasteiger partial charge >= 0.3 is 6.18 Å². The zero-order valence-corrected chi connectivity index (χ0v) is 13.1. The van der Waals surface area contributed by atoms with Crippen LogP contribution < -0.4 is 10.6 Å². The number of amides is 2. The van der Waals surface area contributed by atoms with Gasteiger partial charge in [0.1, 0.15) is 0 Å². The molecule has 2 amide bonds. The Morgan fingerprint density at radius 1 is 1.26 bits per heavy atom. The SMILES string of the molecule is CCCNC(=O)CNC(=O)/C=C/c1ccc(Cl)c(C(F)(F)F)c1. The molecule has 23 heavy (non-hydrogen) atoms. The minimum Gasteiger partial charge on any atom is -0.355 e. The number of nitrogens with one attached hydrogen (secondary N) is 2. The first-order valence-electron chi connectivity index (χ1n) is 6.83. The summed E-state index contributed by atoms with van der Waals surface area (Å²) in [6.07, 6.45) is -1.53. The summed E-state index contributed by atoms with van der Waals surface area (Å²) in [4.78, 5) is 22.8. The molecule has 0 aliphatic carbocycles. The van der Waals surface area contributed by atoms with E-state index in [0.29, 0.717) is 6.54 Å². The van der Waals surface area contributed by atoms with Gasteiger partial charge in [-0.05, 0) is 30.2 Å². The van der Waals surface area contributed by atoms with Crippen LogP contribution >= 0.6 is 11.6 Å². The Bertz CT molecular complexity index is 601. The molecule has 0 heterocycles. The third-order valence-electron chi connectivity index (χ3n) is 2.72. The van der Waals surface area contributed by atoms with Crippen molar-refractivity contribution in [2.45, 2.75) is 19.5 Å². The molecule has 0 unspecified atom stereocenters. The Hall–Kier alpha value is -2.02. The summed E-state index contributed by atoms with van der Waals surface area (Å²) < 4.78 is 38.1. The van der Waals surface area contributed by atoms with Crippen molar-refractivity contribution in [3.8, 4) is 0 Å². The van der Waals surface area contributed by atoms with Crippen LogP contribution in [0.2, 0.25) is 5.02 Å². The molecule has 0 aromatic heterocycles. The number of halogens is 4. The smallest absolute Gasteiger partial charge is 0.355 e. The van der Waals surface area contributed by atoms with E-state index in [1.54, 1.807) is 0 Å². The fourth-order valence-corrected chi connectivity index (χ4v) is 1.81. The number of carbonyl (C=O) groups is 2. The third kappa shape index (κ3) is 6.73. The summed E-state index contributed by atoms with van der Waals surface area (Å²) in [5.41, 5.74) is -0.798. The van der Waals surface area contributed by atoms with Crippen molar-refractivity contribution in [3.05, 3.63) is 40.4 Å². The van der Waals surface area contributed by atoms with Gasteiger partial charge in [0.15, 0.2) is 0 Å².